The van der Waals surface area contributed by atoms with Gasteiger partial charge in [-0.05, 0) is 84.6 Å². The van der Waals surface area contributed by atoms with Crippen molar-refractivity contribution in [3.8, 4) is 0 Å². The molecule has 0 saturated carbocycles. The monoisotopic (exact) mass is 721 g/mol. The van der Waals surface area contributed by atoms with E-state index in [9.17, 15) is 33.6 Å². The molecule has 51 heavy (non-hydrogen) atoms. The first-order valence-corrected chi connectivity index (χ1v) is 17.8. The van der Waals surface area contributed by atoms with Gasteiger partial charge in [-0.2, -0.15) is 0 Å². The van der Waals surface area contributed by atoms with Crippen molar-refractivity contribution in [1.82, 2.24) is 31.1 Å². The van der Waals surface area contributed by atoms with Crippen LogP contribution in [0.15, 0.2) is 23.3 Å². The van der Waals surface area contributed by atoms with Crippen LogP contribution >= 0.6 is 0 Å². The molecule has 0 aromatic heterocycles. The third-order valence-electron chi connectivity index (χ3n) is 8.72. The van der Waals surface area contributed by atoms with Gasteiger partial charge in [0.15, 0.2) is 0 Å². The minimum atomic E-state index is -1.22. The summed E-state index contributed by atoms with van der Waals surface area (Å²) in [5, 5.41) is 19.3. The predicted octanol–water partition coefficient (Wildman–Crippen LogP) is 1.47. The largest absolute Gasteiger partial charge is 0.480 e. The minimum Gasteiger partial charge on any atom is -0.480 e. The van der Waals surface area contributed by atoms with Gasteiger partial charge >= 0.3 is 5.97 Å². The van der Waals surface area contributed by atoms with Gasteiger partial charge in [-0.15, -0.1) is 0 Å². The molecular formula is C36H63N7O8. The number of nitrogens with one attached hydrogen (secondary N) is 4. The molecule has 0 bridgehead atoms. The Morgan fingerprint density at radius 3 is 2.08 bits per heavy atom. The van der Waals surface area contributed by atoms with E-state index in [2.05, 4.69) is 41.2 Å². The van der Waals surface area contributed by atoms with E-state index in [1.807, 2.05) is 19.9 Å². The number of carbonyl (C=O) groups excluding carboxylic acids is 6. The van der Waals surface area contributed by atoms with Crippen LogP contribution in [0.3, 0.4) is 0 Å². The summed E-state index contributed by atoms with van der Waals surface area (Å²) in [5.74, 6) is -4.41. The lowest BCUT2D eigenvalue weighted by Crippen LogP contribution is -2.55. The van der Waals surface area contributed by atoms with Gasteiger partial charge in [0.1, 0.15) is 18.1 Å². The highest BCUT2D eigenvalue weighted by Gasteiger charge is 2.30. The summed E-state index contributed by atoms with van der Waals surface area (Å²) in [7, 11) is 2.77. The number of unbranched alkanes of at least 4 members (excludes halogenated alkanes) is 1. The molecular weight excluding hydrogens is 658 g/mol. The number of likely N-dealkylation sites (N-methyl/N-ethyl adjacent to an activating group) is 2. The van der Waals surface area contributed by atoms with Gasteiger partial charge in [0, 0.05) is 19.7 Å². The van der Waals surface area contributed by atoms with Gasteiger partial charge in [0.2, 0.25) is 35.4 Å². The van der Waals surface area contributed by atoms with Crippen molar-refractivity contribution in [2.45, 2.75) is 112 Å². The molecule has 0 aliphatic carbocycles. The minimum absolute atomic E-state index is 0.260. The molecule has 0 aliphatic heterocycles. The van der Waals surface area contributed by atoms with E-state index in [1.54, 1.807) is 13.8 Å². The highest BCUT2D eigenvalue weighted by molar-refractivity contribution is 5.96. The normalized spacial score (nSPS) is 14.6. The average molecular weight is 722 g/mol. The molecule has 5 atom stereocenters. The number of nitrogens with zero attached hydrogens (tertiary/aromatic N) is 2. The molecule has 15 heteroatoms. The van der Waals surface area contributed by atoms with Crippen LogP contribution in [-0.2, 0) is 33.6 Å². The van der Waals surface area contributed by atoms with Crippen molar-refractivity contribution >= 4 is 41.4 Å². The second-order valence-corrected chi connectivity index (χ2v) is 13.4. The fourth-order valence-electron chi connectivity index (χ4n) is 5.00. The molecule has 0 rings (SSSR count). The lowest BCUT2D eigenvalue weighted by atomic mass is 9.96. The third kappa shape index (κ3) is 19.1. The van der Waals surface area contributed by atoms with Gasteiger partial charge in [0.25, 0.3) is 0 Å². The van der Waals surface area contributed by atoms with Crippen molar-refractivity contribution in [3.63, 3.8) is 0 Å². The van der Waals surface area contributed by atoms with Crippen LogP contribution in [0.2, 0.25) is 0 Å². The Kier molecular flexibility index (Phi) is 22.7. The summed E-state index contributed by atoms with van der Waals surface area (Å²) >= 11 is 0. The zero-order valence-corrected chi connectivity index (χ0v) is 32.1. The fourth-order valence-corrected chi connectivity index (χ4v) is 5.00. The summed E-state index contributed by atoms with van der Waals surface area (Å²) in [6.45, 7) is 12.0. The second kappa shape index (κ2) is 24.8. The van der Waals surface area contributed by atoms with E-state index in [0.29, 0.717) is 37.3 Å². The number of nitrogens with two attached hydrogens (primary N) is 1. The standard InChI is InChI=1S/C36H63N7O8/c1-10-23(3)19-24(4)15-14-16-26(6)33(47)38-20-29(44)40-28(17-12-13-18-37)35(49)43(9)22-31(46)42(8)21-30(45)41-32(25(5)11-2)34(48)39-27(7)36(50)51/h10,16,24-25,27-28,32H,11-15,17-22,37H2,1-9H3,(H,38,47)(H,39,48)(H,40,44)(H,41,45)(H,50,51)/b23-10+,26-16+/t24?,25?,27-,28?,32?/m1/s1. The molecule has 0 spiro atoms. The first-order chi connectivity index (χ1) is 23.9. The summed E-state index contributed by atoms with van der Waals surface area (Å²) in [6.07, 6.45) is 8.52. The molecule has 0 heterocycles. The number of amides is 6. The third-order valence-corrected chi connectivity index (χ3v) is 8.72. The van der Waals surface area contributed by atoms with Crippen molar-refractivity contribution in [3.05, 3.63) is 23.3 Å². The van der Waals surface area contributed by atoms with Crippen molar-refractivity contribution in [2.75, 3.05) is 40.3 Å². The number of hydrogen-bond donors (Lipinski definition) is 6. The maximum Gasteiger partial charge on any atom is 0.325 e. The number of carboxylic acids is 1. The Morgan fingerprint density at radius 1 is 0.863 bits per heavy atom. The van der Waals surface area contributed by atoms with Crippen LogP contribution in [0.1, 0.15) is 93.4 Å². The van der Waals surface area contributed by atoms with E-state index in [-0.39, 0.29) is 24.8 Å². The van der Waals surface area contributed by atoms with Crippen LogP contribution in [0, 0.1) is 11.8 Å². The van der Waals surface area contributed by atoms with E-state index < -0.39 is 66.7 Å². The van der Waals surface area contributed by atoms with Gasteiger partial charge in [-0.25, -0.2) is 0 Å². The number of allylic oxidation sites excluding steroid dienone is 3. The molecule has 15 nitrogen and oxygen atoms in total. The maximum absolute atomic E-state index is 13.4. The predicted molar refractivity (Wildman–Crippen MR) is 196 cm³/mol. The lowest BCUT2D eigenvalue weighted by molar-refractivity contribution is -0.143. The van der Waals surface area contributed by atoms with Crippen molar-refractivity contribution < 1.29 is 38.7 Å². The molecule has 290 valence electrons. The highest BCUT2D eigenvalue weighted by atomic mass is 16.4. The molecule has 0 radical (unpaired) electrons. The number of carbonyl (C=O) groups is 7. The summed E-state index contributed by atoms with van der Waals surface area (Å²) in [5.41, 5.74) is 7.43. The molecule has 7 N–H and O–H groups in total. The van der Waals surface area contributed by atoms with Crippen LogP contribution in [0.25, 0.3) is 0 Å². The Morgan fingerprint density at radius 2 is 1.51 bits per heavy atom. The number of hydrogen-bond acceptors (Lipinski definition) is 8. The molecule has 0 aromatic rings. The van der Waals surface area contributed by atoms with E-state index >= 15 is 0 Å². The topological polar surface area (TPSA) is 220 Å². The lowest BCUT2D eigenvalue weighted by Gasteiger charge is -2.27. The smallest absolute Gasteiger partial charge is 0.325 e. The summed E-state index contributed by atoms with van der Waals surface area (Å²) in [6, 6.07) is -3.16. The number of carboxylic acid groups (broad SMARTS) is 1. The molecule has 0 aromatic carbocycles. The molecule has 4 unspecified atom stereocenters. The summed E-state index contributed by atoms with van der Waals surface area (Å²) < 4.78 is 0. The first-order valence-electron chi connectivity index (χ1n) is 17.8. The molecule has 0 fully saturated rings. The van der Waals surface area contributed by atoms with E-state index in [0.717, 1.165) is 29.1 Å². The van der Waals surface area contributed by atoms with Crippen LogP contribution in [0.5, 0.6) is 0 Å². The maximum atomic E-state index is 13.4. The Bertz CT molecular complexity index is 1250. The van der Waals surface area contributed by atoms with Crippen molar-refractivity contribution in [1.29, 1.82) is 0 Å². The first kappa shape index (κ1) is 46.7. The van der Waals surface area contributed by atoms with Crippen LogP contribution in [0.4, 0.5) is 0 Å². The Labute approximate surface area is 303 Å². The van der Waals surface area contributed by atoms with Gasteiger partial charge < -0.3 is 41.9 Å². The van der Waals surface area contributed by atoms with Crippen LogP contribution in [-0.4, -0.2) is 115 Å². The SMILES string of the molecule is C/C=C(\C)CC(C)CC/C=C(\C)C(=O)NCC(=O)NC(CCCCN)C(=O)N(C)CC(=O)N(C)CC(=O)NC(C(=O)N[C@H](C)C(=O)O)C(C)CC. The van der Waals surface area contributed by atoms with Gasteiger partial charge in [-0.1, -0.05) is 44.9 Å². The number of rotatable bonds is 24. The van der Waals surface area contributed by atoms with Crippen molar-refractivity contribution in [2.24, 2.45) is 17.6 Å². The van der Waals surface area contributed by atoms with Gasteiger partial charge in [0.05, 0.1) is 19.6 Å². The second-order valence-electron chi connectivity index (χ2n) is 13.4. The quantitative estimate of drug-likeness (QED) is 0.0482. The van der Waals surface area contributed by atoms with Crippen LogP contribution < -0.4 is 27.0 Å². The average Bonchev–Trinajstić information content (AvgIpc) is 3.07. The zero-order valence-electron chi connectivity index (χ0n) is 32.1. The molecule has 0 aliphatic rings. The zero-order chi connectivity index (χ0) is 39.3. The van der Waals surface area contributed by atoms with Gasteiger partial charge in [-0.3, -0.25) is 33.6 Å². The Hall–Kier alpha value is -4.27. The highest BCUT2D eigenvalue weighted by Crippen LogP contribution is 2.17. The van der Waals surface area contributed by atoms with E-state index in [1.165, 1.54) is 26.6 Å². The molecule has 6 amide bonds. The molecule has 0 saturated heterocycles. The number of aliphatic carboxylic acids is 1. The summed E-state index contributed by atoms with van der Waals surface area (Å²) in [4.78, 5) is 90.7. The Balaban J connectivity index is 5.26. The fraction of sp³-hybridized carbons (Fsp3) is 0.694. The van der Waals surface area contributed by atoms with E-state index in [4.69, 9.17) is 10.8 Å².